The zero-order valence-electron chi connectivity index (χ0n) is 13.8. The molecule has 0 bridgehead atoms. The first kappa shape index (κ1) is 24.4. The molecule has 0 saturated heterocycles. The Morgan fingerprint density at radius 1 is 1.09 bits per heavy atom. The number of aliphatic hydroxyl groups is 1. The SMILES string of the molecule is C=CCNCCC(CCNCC=C)NCCO.COS(=O)(=O)O. The summed E-state index contributed by atoms with van der Waals surface area (Å²) in [6, 6.07) is 0.441. The molecule has 0 rings (SSSR count). The Balaban J connectivity index is 0. The molecule has 0 fully saturated rings. The average Bonchev–Trinajstić information content (AvgIpc) is 2.52. The molecular weight excluding hydrogens is 322 g/mol. The summed E-state index contributed by atoms with van der Waals surface area (Å²) >= 11 is 0. The van der Waals surface area contributed by atoms with Crippen molar-refractivity contribution >= 4 is 10.4 Å². The fraction of sp³-hybridized carbons (Fsp3) is 0.714. The molecule has 0 aromatic rings. The van der Waals surface area contributed by atoms with Gasteiger partial charge in [-0.1, -0.05) is 12.2 Å². The molecule has 0 amide bonds. The number of aliphatic hydroxyl groups excluding tert-OH is 1. The summed E-state index contributed by atoms with van der Waals surface area (Å²) < 4.78 is 29.7. The largest absolute Gasteiger partial charge is 0.397 e. The molecule has 0 aliphatic carbocycles. The quantitative estimate of drug-likeness (QED) is 0.164. The van der Waals surface area contributed by atoms with Crippen LogP contribution in [0.25, 0.3) is 0 Å². The van der Waals surface area contributed by atoms with Gasteiger partial charge in [-0.3, -0.25) is 8.74 Å². The Kier molecular flexibility index (Phi) is 18.6. The van der Waals surface area contributed by atoms with Gasteiger partial charge in [0.2, 0.25) is 0 Å². The molecule has 0 aromatic heterocycles. The highest BCUT2D eigenvalue weighted by Gasteiger charge is 2.06. The van der Waals surface area contributed by atoms with Crippen molar-refractivity contribution in [3.63, 3.8) is 0 Å². The molecule has 5 N–H and O–H groups in total. The first-order valence-corrected chi connectivity index (χ1v) is 8.78. The average molecular weight is 353 g/mol. The monoisotopic (exact) mass is 353 g/mol. The maximum atomic E-state index is 9.33. The summed E-state index contributed by atoms with van der Waals surface area (Å²) in [5.41, 5.74) is 0. The van der Waals surface area contributed by atoms with Crippen molar-refractivity contribution in [3.8, 4) is 0 Å². The Hall–Kier alpha value is -0.810. The number of nitrogens with one attached hydrogen (secondary N) is 3. The van der Waals surface area contributed by atoms with E-state index in [2.05, 4.69) is 33.3 Å². The van der Waals surface area contributed by atoms with Crippen molar-refractivity contribution in [2.45, 2.75) is 18.9 Å². The second-order valence-corrected chi connectivity index (χ2v) is 5.72. The normalized spacial score (nSPS) is 11.0. The van der Waals surface area contributed by atoms with Crippen LogP contribution in [0.3, 0.4) is 0 Å². The van der Waals surface area contributed by atoms with E-state index in [0.29, 0.717) is 12.6 Å². The van der Waals surface area contributed by atoms with Crippen molar-refractivity contribution in [1.29, 1.82) is 0 Å². The summed E-state index contributed by atoms with van der Waals surface area (Å²) in [4.78, 5) is 0. The molecule has 0 heterocycles. The Labute approximate surface area is 140 Å². The molecule has 0 aliphatic rings. The summed E-state index contributed by atoms with van der Waals surface area (Å²) in [7, 11) is -3.29. The molecule has 0 spiro atoms. The molecule has 9 heteroatoms. The van der Waals surface area contributed by atoms with Gasteiger partial charge in [0.05, 0.1) is 13.7 Å². The molecule has 138 valence electrons. The van der Waals surface area contributed by atoms with Crippen LogP contribution < -0.4 is 16.0 Å². The van der Waals surface area contributed by atoms with E-state index in [4.69, 9.17) is 9.66 Å². The molecule has 0 aromatic carbocycles. The van der Waals surface area contributed by atoms with Crippen molar-refractivity contribution in [2.24, 2.45) is 0 Å². The van der Waals surface area contributed by atoms with E-state index in [0.717, 1.165) is 46.1 Å². The zero-order chi connectivity index (χ0) is 18.0. The third-order valence-electron chi connectivity index (χ3n) is 2.67. The van der Waals surface area contributed by atoms with Crippen molar-refractivity contribution in [1.82, 2.24) is 16.0 Å². The van der Waals surface area contributed by atoms with E-state index >= 15 is 0 Å². The fourth-order valence-electron chi connectivity index (χ4n) is 1.58. The second kappa shape index (κ2) is 17.5. The third-order valence-corrected chi connectivity index (χ3v) is 3.09. The van der Waals surface area contributed by atoms with Crippen LogP contribution in [-0.4, -0.2) is 70.6 Å². The molecule has 23 heavy (non-hydrogen) atoms. The number of hydrogen-bond donors (Lipinski definition) is 5. The van der Waals surface area contributed by atoms with Crippen molar-refractivity contribution in [2.75, 3.05) is 46.4 Å². The standard InChI is InChI=1S/C13H27N3O.CH4O4S/c1-3-7-14-9-5-13(16-11-12-17)6-10-15-8-4-2;1-5-6(2,3)4/h3-4,13-17H,1-2,5-12H2;1H3,(H,2,3,4). The predicted octanol–water partition coefficient (Wildman–Crippen LogP) is -0.296. The van der Waals surface area contributed by atoms with Crippen LogP contribution >= 0.6 is 0 Å². The van der Waals surface area contributed by atoms with Crippen LogP contribution in [0.2, 0.25) is 0 Å². The molecule has 0 atom stereocenters. The van der Waals surface area contributed by atoms with E-state index in [1.54, 1.807) is 0 Å². The van der Waals surface area contributed by atoms with Gasteiger partial charge in [-0.2, -0.15) is 8.42 Å². The number of hydrogen-bond acceptors (Lipinski definition) is 7. The van der Waals surface area contributed by atoms with E-state index in [1.165, 1.54) is 0 Å². The molecule has 0 radical (unpaired) electrons. The first-order valence-electron chi connectivity index (χ1n) is 7.41. The smallest absolute Gasteiger partial charge is 0.395 e. The van der Waals surface area contributed by atoms with Crippen LogP contribution in [0.15, 0.2) is 25.3 Å². The van der Waals surface area contributed by atoms with Crippen LogP contribution in [0.5, 0.6) is 0 Å². The van der Waals surface area contributed by atoms with E-state index in [9.17, 15) is 8.42 Å². The fourth-order valence-corrected chi connectivity index (χ4v) is 1.58. The van der Waals surface area contributed by atoms with Gasteiger partial charge >= 0.3 is 10.4 Å². The lowest BCUT2D eigenvalue weighted by Crippen LogP contribution is -2.36. The van der Waals surface area contributed by atoms with E-state index in [-0.39, 0.29) is 6.61 Å². The minimum absolute atomic E-state index is 0.191. The van der Waals surface area contributed by atoms with E-state index in [1.807, 2.05) is 12.2 Å². The highest BCUT2D eigenvalue weighted by molar-refractivity contribution is 7.80. The maximum absolute atomic E-state index is 9.33. The van der Waals surface area contributed by atoms with Crippen molar-refractivity contribution in [3.05, 3.63) is 25.3 Å². The minimum atomic E-state index is -4.16. The van der Waals surface area contributed by atoms with Gasteiger partial charge in [0.1, 0.15) is 0 Å². The zero-order valence-corrected chi connectivity index (χ0v) is 14.6. The maximum Gasteiger partial charge on any atom is 0.397 e. The minimum Gasteiger partial charge on any atom is -0.395 e. The molecule has 0 saturated carbocycles. The lowest BCUT2D eigenvalue weighted by atomic mass is 10.1. The lowest BCUT2D eigenvalue weighted by Gasteiger charge is -2.18. The van der Waals surface area contributed by atoms with Crippen molar-refractivity contribution < 1.29 is 22.3 Å². The topological polar surface area (TPSA) is 120 Å². The van der Waals surface area contributed by atoms with Crippen LogP contribution in [0.4, 0.5) is 0 Å². The van der Waals surface area contributed by atoms with Crippen LogP contribution in [0, 0.1) is 0 Å². The molecule has 8 nitrogen and oxygen atoms in total. The molecule has 0 aliphatic heterocycles. The van der Waals surface area contributed by atoms with Gasteiger partial charge in [-0.05, 0) is 25.9 Å². The number of rotatable bonds is 14. The Morgan fingerprint density at radius 3 is 1.83 bits per heavy atom. The lowest BCUT2D eigenvalue weighted by molar-refractivity contribution is 0.279. The third kappa shape index (κ3) is 23.6. The van der Waals surface area contributed by atoms with Crippen LogP contribution in [0.1, 0.15) is 12.8 Å². The summed E-state index contributed by atoms with van der Waals surface area (Å²) in [5.74, 6) is 0. The second-order valence-electron chi connectivity index (χ2n) is 4.53. The van der Waals surface area contributed by atoms with Gasteiger partial charge in [-0.25, -0.2) is 0 Å². The van der Waals surface area contributed by atoms with Gasteiger partial charge in [0.15, 0.2) is 0 Å². The van der Waals surface area contributed by atoms with Gasteiger partial charge < -0.3 is 21.1 Å². The van der Waals surface area contributed by atoms with Crippen LogP contribution in [-0.2, 0) is 14.6 Å². The Morgan fingerprint density at radius 2 is 1.52 bits per heavy atom. The highest BCUT2D eigenvalue weighted by atomic mass is 32.3. The van der Waals surface area contributed by atoms with E-state index < -0.39 is 10.4 Å². The van der Waals surface area contributed by atoms with Gasteiger partial charge in [-0.15, -0.1) is 13.2 Å². The predicted molar refractivity (Wildman–Crippen MR) is 92.8 cm³/mol. The Bertz CT molecular complexity index is 361. The summed E-state index contributed by atoms with van der Waals surface area (Å²) in [5, 5.41) is 18.7. The first-order chi connectivity index (χ1) is 10.9. The molecule has 0 unspecified atom stereocenters. The summed E-state index contributed by atoms with van der Waals surface area (Å²) in [6.45, 7) is 11.8. The highest BCUT2D eigenvalue weighted by Crippen LogP contribution is 1.96. The molecular formula is C14H31N3O5S. The van der Waals surface area contributed by atoms with Gasteiger partial charge in [0, 0.05) is 25.7 Å². The van der Waals surface area contributed by atoms with Gasteiger partial charge in [0.25, 0.3) is 0 Å². The summed E-state index contributed by atoms with van der Waals surface area (Å²) in [6.07, 6.45) is 5.84.